The summed E-state index contributed by atoms with van der Waals surface area (Å²) in [5.74, 6) is -2.79. The SMILES string of the molecule is CC1(C)CC(C)(C)C(=O)O1.CC1(C)CCOC1=O.CCC(C)(C)C(=O)OC1(C)CC(=O)OC1(C)C.CCC(C)(C)C(=O)OC1(C)CC(C)(C)OC1=O.CCC(C)(C)C(=O)OC1CC(=O)OC1(C)C.CCC(C)(C)C(=O)OC1CC(=O)OC1(C)COC. The Morgan fingerprint density at radius 3 is 1.19 bits per heavy atom. The summed E-state index contributed by atoms with van der Waals surface area (Å²) >= 11 is 0. The second-order valence-corrected chi connectivity index (χ2v) is 30.2. The van der Waals surface area contributed by atoms with Gasteiger partial charge in [-0.1, -0.05) is 27.7 Å². The van der Waals surface area contributed by atoms with Crippen LogP contribution in [0.1, 0.15) is 251 Å². The molecule has 6 aliphatic heterocycles. The molecule has 0 radical (unpaired) electrons. The molecule has 6 aliphatic rings. The quantitative estimate of drug-likeness (QED) is 0.115. The first-order valence-corrected chi connectivity index (χ1v) is 30.1. The summed E-state index contributed by atoms with van der Waals surface area (Å²) in [4.78, 5) is 115. The zero-order valence-electron chi connectivity index (χ0n) is 57.7. The second-order valence-electron chi connectivity index (χ2n) is 30.2. The van der Waals surface area contributed by atoms with Crippen molar-refractivity contribution in [3.63, 3.8) is 0 Å². The molecule has 5 atom stereocenters. The van der Waals surface area contributed by atoms with Gasteiger partial charge in [0.05, 0.1) is 65.0 Å². The van der Waals surface area contributed by atoms with E-state index in [2.05, 4.69) is 0 Å². The molecule has 0 N–H and O–H groups in total. The molecule has 0 aromatic heterocycles. The Kier molecular flexibility index (Phi) is 26.0. The molecule has 6 heterocycles. The monoisotopic (exact) mass is 1230 g/mol. The first kappa shape index (κ1) is 78.7. The van der Waals surface area contributed by atoms with Gasteiger partial charge in [-0.3, -0.25) is 43.2 Å². The summed E-state index contributed by atoms with van der Waals surface area (Å²) in [6.07, 6.45) is 4.12. The maximum atomic E-state index is 12.1. The van der Waals surface area contributed by atoms with Crippen LogP contribution in [0.15, 0.2) is 0 Å². The van der Waals surface area contributed by atoms with Gasteiger partial charge in [-0.05, 0) is 191 Å². The Hall–Kier alpha value is -5.34. The van der Waals surface area contributed by atoms with Gasteiger partial charge >= 0.3 is 59.7 Å². The molecular weight excluding hydrogens is 1120 g/mol. The summed E-state index contributed by atoms with van der Waals surface area (Å²) in [6.45, 7) is 50.4. The third-order valence-electron chi connectivity index (χ3n) is 17.2. The van der Waals surface area contributed by atoms with E-state index in [0.717, 1.165) is 12.8 Å². The van der Waals surface area contributed by atoms with E-state index in [0.29, 0.717) is 38.7 Å². The number of esters is 10. The zero-order chi connectivity index (χ0) is 67.7. The minimum absolute atomic E-state index is 0.0579. The molecule has 21 heteroatoms. The maximum Gasteiger partial charge on any atom is 0.351 e. The van der Waals surface area contributed by atoms with Crippen molar-refractivity contribution >= 4 is 59.7 Å². The molecule has 0 bridgehead atoms. The summed E-state index contributed by atoms with van der Waals surface area (Å²) in [5.41, 5.74) is -7.87. The third kappa shape index (κ3) is 21.5. The van der Waals surface area contributed by atoms with Crippen LogP contribution in [0.3, 0.4) is 0 Å². The van der Waals surface area contributed by atoms with Crippen LogP contribution in [-0.4, -0.2) is 131 Å². The summed E-state index contributed by atoms with van der Waals surface area (Å²) in [6, 6.07) is 0. The number of ether oxygens (including phenoxy) is 11. The van der Waals surface area contributed by atoms with E-state index < -0.39 is 73.4 Å². The largest absolute Gasteiger partial charge is 0.465 e. The van der Waals surface area contributed by atoms with Gasteiger partial charge in [0.1, 0.15) is 22.4 Å². The average Bonchev–Trinajstić information content (AvgIpc) is 1.84. The number of carbonyl (C=O) groups excluding carboxylic acids is 10. The Bertz CT molecular complexity index is 2460. The van der Waals surface area contributed by atoms with Gasteiger partial charge < -0.3 is 52.1 Å². The normalized spacial score (nSPS) is 27.0. The van der Waals surface area contributed by atoms with Crippen LogP contribution in [0.2, 0.25) is 0 Å². The minimum Gasteiger partial charge on any atom is -0.465 e. The Labute approximate surface area is 513 Å². The van der Waals surface area contributed by atoms with Gasteiger partial charge in [-0.2, -0.15) is 0 Å². The van der Waals surface area contributed by atoms with Crippen molar-refractivity contribution in [2.24, 2.45) is 32.5 Å². The fourth-order valence-corrected chi connectivity index (χ4v) is 8.82. The first-order valence-electron chi connectivity index (χ1n) is 30.1. The molecule has 86 heavy (non-hydrogen) atoms. The van der Waals surface area contributed by atoms with Crippen LogP contribution < -0.4 is 0 Å². The maximum absolute atomic E-state index is 12.1. The van der Waals surface area contributed by atoms with Crippen molar-refractivity contribution in [3.8, 4) is 0 Å². The Balaban J connectivity index is 0.000000525. The Morgan fingerprint density at radius 2 is 0.884 bits per heavy atom. The lowest BCUT2D eigenvalue weighted by atomic mass is 9.85. The lowest BCUT2D eigenvalue weighted by molar-refractivity contribution is -0.184. The lowest BCUT2D eigenvalue weighted by Gasteiger charge is -2.36. The number of hydrogen-bond donors (Lipinski definition) is 0. The molecule has 496 valence electrons. The topological polar surface area (TPSA) is 272 Å². The van der Waals surface area contributed by atoms with Gasteiger partial charge in [0.25, 0.3) is 0 Å². The molecule has 0 saturated carbocycles. The van der Waals surface area contributed by atoms with Crippen molar-refractivity contribution in [1.29, 1.82) is 0 Å². The van der Waals surface area contributed by atoms with E-state index in [1.165, 1.54) is 7.11 Å². The van der Waals surface area contributed by atoms with Gasteiger partial charge in [-0.15, -0.1) is 0 Å². The summed E-state index contributed by atoms with van der Waals surface area (Å²) in [5, 5.41) is 0. The van der Waals surface area contributed by atoms with Crippen molar-refractivity contribution < 1.29 is 100 Å². The highest BCUT2D eigenvalue weighted by Gasteiger charge is 2.57. The predicted molar refractivity (Wildman–Crippen MR) is 318 cm³/mol. The molecule has 0 aromatic rings. The van der Waals surface area contributed by atoms with E-state index >= 15 is 0 Å². The van der Waals surface area contributed by atoms with Crippen molar-refractivity contribution in [2.75, 3.05) is 20.3 Å². The molecule has 21 nitrogen and oxygen atoms in total. The smallest absolute Gasteiger partial charge is 0.351 e. The lowest BCUT2D eigenvalue weighted by Crippen LogP contribution is -2.49. The highest BCUT2D eigenvalue weighted by molar-refractivity contribution is 5.87. The predicted octanol–water partition coefficient (Wildman–Crippen LogP) is 11.3. The highest BCUT2D eigenvalue weighted by Crippen LogP contribution is 2.43. The van der Waals surface area contributed by atoms with Crippen LogP contribution in [-0.2, 0) is 100 Å². The number of carbonyl (C=O) groups is 10. The van der Waals surface area contributed by atoms with E-state index in [-0.39, 0.29) is 96.0 Å². The van der Waals surface area contributed by atoms with Crippen molar-refractivity contribution in [3.05, 3.63) is 0 Å². The standard InChI is InChI=1S/C13H22O5.2C13H22O4.C12H20O4.C8H14O2.C6H10O2/c1-6-12(2,3)11(15)17-9-7-10(14)18-13(9,4)8-16-5;1-7-11(2,3)9(14)17-13(6)8-12(4,5)16-10(13)15;1-7-11(2,3)10(15)17-13(6)8-9(14)16-12(13,4)5;1-6-11(2,3)10(14)15-8-7-9(13)16-12(8,4)5;1-7(2)5-8(3,4)10-6(7)9;1-6(2)3-4-8-5(6)7/h9H,6-8H2,1-5H3;2*7-8H2,1-6H3;8H,6-7H2,1-5H3;5H2,1-4H3;3-4H2,1-2H3. The van der Waals surface area contributed by atoms with E-state index in [9.17, 15) is 47.9 Å². The van der Waals surface area contributed by atoms with Gasteiger partial charge in [-0.25, -0.2) is 4.79 Å². The molecule has 0 aromatic carbocycles. The summed E-state index contributed by atoms with van der Waals surface area (Å²) < 4.78 is 57.3. The highest BCUT2D eigenvalue weighted by atomic mass is 16.6. The third-order valence-corrected chi connectivity index (χ3v) is 17.2. The van der Waals surface area contributed by atoms with Crippen LogP contribution >= 0.6 is 0 Å². The fraction of sp³-hybridized carbons (Fsp3) is 0.846. The Morgan fingerprint density at radius 1 is 0.477 bits per heavy atom. The van der Waals surface area contributed by atoms with E-state index in [1.807, 2.05) is 138 Å². The van der Waals surface area contributed by atoms with Gasteiger partial charge in [0, 0.05) is 20.0 Å². The molecule has 6 rings (SSSR count). The molecule has 0 aliphatic carbocycles. The van der Waals surface area contributed by atoms with Crippen molar-refractivity contribution in [2.45, 2.75) is 303 Å². The number of rotatable bonds is 14. The molecule has 0 amide bonds. The number of methoxy groups -OCH3 is 1. The van der Waals surface area contributed by atoms with Crippen LogP contribution in [0.25, 0.3) is 0 Å². The van der Waals surface area contributed by atoms with Crippen LogP contribution in [0.5, 0.6) is 0 Å². The molecule has 0 spiro atoms. The zero-order valence-corrected chi connectivity index (χ0v) is 57.7. The fourth-order valence-electron chi connectivity index (χ4n) is 8.82. The molecular formula is C65H110O21. The van der Waals surface area contributed by atoms with E-state index in [1.54, 1.807) is 48.5 Å². The average molecular weight is 1230 g/mol. The minimum atomic E-state index is -1.15. The van der Waals surface area contributed by atoms with E-state index in [4.69, 9.17) is 52.1 Å². The molecule has 6 saturated heterocycles. The molecule has 5 unspecified atom stereocenters. The first-order chi connectivity index (χ1) is 38.5. The van der Waals surface area contributed by atoms with Crippen molar-refractivity contribution in [1.82, 2.24) is 0 Å². The van der Waals surface area contributed by atoms with Crippen LogP contribution in [0, 0.1) is 32.5 Å². The summed E-state index contributed by atoms with van der Waals surface area (Å²) in [7, 11) is 1.52. The van der Waals surface area contributed by atoms with Gasteiger partial charge in [0.2, 0.25) is 5.60 Å². The van der Waals surface area contributed by atoms with Crippen LogP contribution in [0.4, 0.5) is 0 Å². The number of cyclic esters (lactones) is 6. The van der Waals surface area contributed by atoms with Gasteiger partial charge in [0.15, 0.2) is 23.4 Å². The second kappa shape index (κ2) is 28.4. The molecule has 6 fully saturated rings. The number of hydrogen-bond acceptors (Lipinski definition) is 21.